The van der Waals surface area contributed by atoms with Crippen molar-refractivity contribution in [2.24, 2.45) is 0 Å². The van der Waals surface area contributed by atoms with Crippen molar-refractivity contribution in [3.8, 4) is 0 Å². The number of Topliss-reactive ketones (excluding diaryl/α,β-unsaturated/α-hetero) is 2. The number of rotatable bonds is 7. The van der Waals surface area contributed by atoms with Crippen LogP contribution in [0.4, 0.5) is 0 Å². The third kappa shape index (κ3) is 12.8. The molecule has 0 spiro atoms. The van der Waals surface area contributed by atoms with Gasteiger partial charge < -0.3 is 22.1 Å². The van der Waals surface area contributed by atoms with Crippen molar-refractivity contribution in [2.45, 2.75) is 84.6 Å². The van der Waals surface area contributed by atoms with E-state index in [1.807, 2.05) is 64.0 Å². The van der Waals surface area contributed by atoms with Crippen molar-refractivity contribution in [1.29, 1.82) is 0 Å². The molecule has 1 aromatic heterocycles. The number of H-pyrrole nitrogens is 1. The second kappa shape index (κ2) is 18.3. The molecule has 1 aliphatic carbocycles. The molecular formula is C31H58N6O3. The van der Waals surface area contributed by atoms with Gasteiger partial charge in [-0.15, -0.1) is 0 Å². The topological polar surface area (TPSA) is 156 Å². The molecule has 1 saturated carbocycles. The maximum Gasteiger partial charge on any atom is 0.246 e. The van der Waals surface area contributed by atoms with Gasteiger partial charge in [0, 0.05) is 41.0 Å². The van der Waals surface area contributed by atoms with E-state index in [1.165, 1.54) is 29.8 Å². The van der Waals surface area contributed by atoms with Crippen molar-refractivity contribution in [2.75, 3.05) is 27.2 Å². The standard InChI is InChI=1S/C13H22N2O2.C11H14O.C7H10N2.2H3N.3H2/c1-11(16)12-7-4-5-10-15(12)13(17)8-6-9-14(2)3;1-8-5-4-6-11(7-8)9(2)10(3)12;1-5-4-7(9-8-5)6-2-3-6;;;;;/h6,8,12H,4-5,7,9-10H2,1-3H3;4-7,9H,1-3H3;4,6H,2-3H2,1H3,(H,8,9);2*1H3;3*1H/b8-6+;;;;;;;. The molecule has 40 heavy (non-hydrogen) atoms. The Bertz CT molecular complexity index is 1110. The third-order valence-corrected chi connectivity index (χ3v) is 6.86. The summed E-state index contributed by atoms with van der Waals surface area (Å²) in [5, 5.41) is 7.09. The Morgan fingerprint density at radius 3 is 2.27 bits per heavy atom. The summed E-state index contributed by atoms with van der Waals surface area (Å²) < 4.78 is 0. The summed E-state index contributed by atoms with van der Waals surface area (Å²) in [5.74, 6) is 1.10. The lowest BCUT2D eigenvalue weighted by molar-refractivity contribution is -0.136. The molecule has 4 rings (SSSR count). The lowest BCUT2D eigenvalue weighted by Crippen LogP contribution is -2.46. The van der Waals surface area contributed by atoms with E-state index in [0.717, 1.165) is 37.3 Å². The summed E-state index contributed by atoms with van der Waals surface area (Å²) in [5.41, 5.74) is 4.76. The van der Waals surface area contributed by atoms with Gasteiger partial charge in [0.2, 0.25) is 5.91 Å². The van der Waals surface area contributed by atoms with Crippen LogP contribution in [0.3, 0.4) is 0 Å². The van der Waals surface area contributed by atoms with Crippen molar-refractivity contribution in [1.82, 2.24) is 32.3 Å². The number of amides is 1. The molecule has 1 saturated heterocycles. The van der Waals surface area contributed by atoms with E-state index >= 15 is 0 Å². The number of ketones is 2. The molecule has 0 radical (unpaired) electrons. The normalized spacial score (nSPS) is 16.9. The minimum absolute atomic E-state index is 0. The smallest absolute Gasteiger partial charge is 0.246 e. The number of hydrogen-bond donors (Lipinski definition) is 3. The highest BCUT2D eigenvalue weighted by molar-refractivity contribution is 5.93. The Hall–Kier alpha value is -3.14. The molecule has 2 unspecified atom stereocenters. The van der Waals surface area contributed by atoms with Crippen LogP contribution in [-0.4, -0.2) is 70.7 Å². The zero-order chi connectivity index (χ0) is 28.2. The quantitative estimate of drug-likeness (QED) is 0.329. The van der Waals surface area contributed by atoms with E-state index in [2.05, 4.69) is 22.3 Å². The number of carbonyl (C=O) groups is 3. The molecule has 9 nitrogen and oxygen atoms in total. The van der Waals surface area contributed by atoms with E-state index < -0.39 is 0 Å². The fourth-order valence-corrected chi connectivity index (χ4v) is 4.28. The Kier molecular flexibility index (Phi) is 16.8. The molecule has 1 aliphatic heterocycles. The number of carbonyl (C=O) groups excluding carboxylic acids is 3. The Labute approximate surface area is 245 Å². The van der Waals surface area contributed by atoms with Crippen molar-refractivity contribution >= 4 is 17.5 Å². The molecule has 2 atom stereocenters. The molecule has 9 heteroatoms. The van der Waals surface area contributed by atoms with Crippen LogP contribution in [0.25, 0.3) is 0 Å². The number of aromatic nitrogens is 2. The average molecular weight is 563 g/mol. The fourth-order valence-electron chi connectivity index (χ4n) is 4.28. The van der Waals surface area contributed by atoms with E-state index in [1.54, 1.807) is 24.8 Å². The first-order valence-corrected chi connectivity index (χ1v) is 13.7. The predicted octanol–water partition coefficient (Wildman–Crippen LogP) is 6.42. The molecule has 2 aromatic rings. The van der Waals surface area contributed by atoms with Gasteiger partial charge in [0.05, 0.1) is 11.7 Å². The molecule has 230 valence electrons. The average Bonchev–Trinajstić information content (AvgIpc) is 3.64. The van der Waals surface area contributed by atoms with Gasteiger partial charge in [-0.1, -0.05) is 42.8 Å². The molecular weight excluding hydrogens is 504 g/mol. The van der Waals surface area contributed by atoms with Gasteiger partial charge in [-0.3, -0.25) is 19.5 Å². The number of piperidine rings is 1. The monoisotopic (exact) mass is 562 g/mol. The zero-order valence-corrected chi connectivity index (χ0v) is 25.7. The van der Waals surface area contributed by atoms with Gasteiger partial charge in [0.1, 0.15) is 5.78 Å². The first-order valence-electron chi connectivity index (χ1n) is 13.7. The van der Waals surface area contributed by atoms with E-state index in [9.17, 15) is 14.4 Å². The second-order valence-corrected chi connectivity index (χ2v) is 10.8. The van der Waals surface area contributed by atoms with Crippen LogP contribution in [-0.2, 0) is 14.4 Å². The van der Waals surface area contributed by atoms with Crippen LogP contribution < -0.4 is 12.3 Å². The highest BCUT2D eigenvalue weighted by Gasteiger charge is 2.28. The number of hydrogen-bond acceptors (Lipinski definition) is 7. The lowest BCUT2D eigenvalue weighted by atomic mass is 9.96. The van der Waals surface area contributed by atoms with Gasteiger partial charge in [0.25, 0.3) is 0 Å². The predicted molar refractivity (Wildman–Crippen MR) is 170 cm³/mol. The van der Waals surface area contributed by atoms with Gasteiger partial charge in [-0.05, 0) is 85.5 Å². The second-order valence-electron chi connectivity index (χ2n) is 10.8. The fraction of sp³-hybridized carbons (Fsp3) is 0.548. The number of likely N-dealkylation sites (tertiary alicyclic amines) is 1. The number of nitrogens with one attached hydrogen (secondary N) is 1. The van der Waals surface area contributed by atoms with Crippen LogP contribution in [0.1, 0.15) is 91.5 Å². The van der Waals surface area contributed by atoms with Crippen LogP contribution in [0, 0.1) is 13.8 Å². The van der Waals surface area contributed by atoms with Crippen molar-refractivity contribution < 1.29 is 18.7 Å². The largest absolute Gasteiger partial charge is 0.344 e. The summed E-state index contributed by atoms with van der Waals surface area (Å²) in [7, 11) is 3.90. The molecule has 2 aliphatic rings. The first-order chi connectivity index (χ1) is 18.0. The van der Waals surface area contributed by atoms with Gasteiger partial charge in [-0.2, -0.15) is 5.10 Å². The van der Waals surface area contributed by atoms with E-state index in [0.29, 0.717) is 6.54 Å². The molecule has 0 bridgehead atoms. The molecule has 1 amide bonds. The molecule has 1 aromatic carbocycles. The summed E-state index contributed by atoms with van der Waals surface area (Å²) >= 11 is 0. The number of likely N-dealkylation sites (N-methyl/N-ethyl adjacent to an activating group) is 1. The maximum absolute atomic E-state index is 12.0. The van der Waals surface area contributed by atoms with E-state index in [4.69, 9.17) is 0 Å². The Balaban J connectivity index is -0.000000260. The summed E-state index contributed by atoms with van der Waals surface area (Å²) in [6, 6.07) is 10.0. The van der Waals surface area contributed by atoms with Crippen LogP contribution in [0.2, 0.25) is 0 Å². The summed E-state index contributed by atoms with van der Waals surface area (Å²) in [4.78, 5) is 38.2. The van der Waals surface area contributed by atoms with E-state index in [-0.39, 0.29) is 46.0 Å². The Morgan fingerprint density at radius 2 is 1.77 bits per heavy atom. The number of benzene rings is 1. The highest BCUT2D eigenvalue weighted by Crippen LogP contribution is 2.38. The molecule has 2 heterocycles. The van der Waals surface area contributed by atoms with Crippen molar-refractivity contribution in [3.63, 3.8) is 0 Å². The minimum Gasteiger partial charge on any atom is -0.344 e. The lowest BCUT2D eigenvalue weighted by Gasteiger charge is -2.33. The number of nitrogens with zero attached hydrogens (tertiary/aromatic N) is 3. The third-order valence-electron chi connectivity index (χ3n) is 6.86. The van der Waals surface area contributed by atoms with Crippen molar-refractivity contribution in [3.05, 3.63) is 65.0 Å². The number of aromatic amines is 1. The maximum atomic E-state index is 12.0. The SMILES string of the molecule is CC(=O)C(C)c1cccc(C)c1.CC(=O)C1CCCCN1C(=O)/C=C/CN(C)C.Cc1cc(C2CC2)n[nH]1.N.N.[HH].[HH].[HH]. The molecule has 2 fully saturated rings. The summed E-state index contributed by atoms with van der Waals surface area (Å²) in [6.45, 7) is 10.7. The first kappa shape index (κ1) is 36.9. The Morgan fingerprint density at radius 1 is 1.10 bits per heavy atom. The summed E-state index contributed by atoms with van der Waals surface area (Å²) in [6.07, 6.45) is 8.94. The number of aryl methyl sites for hydroxylation is 2. The van der Waals surface area contributed by atoms with Gasteiger partial charge >= 0.3 is 0 Å². The van der Waals surface area contributed by atoms with Crippen LogP contribution >= 0.6 is 0 Å². The van der Waals surface area contributed by atoms with Crippen LogP contribution in [0.15, 0.2) is 42.5 Å². The van der Waals surface area contributed by atoms with Gasteiger partial charge in [0.15, 0.2) is 5.78 Å². The highest BCUT2D eigenvalue weighted by atomic mass is 16.2. The van der Waals surface area contributed by atoms with Gasteiger partial charge in [-0.25, -0.2) is 0 Å². The molecule has 7 N–H and O–H groups in total. The minimum atomic E-state index is -0.208. The van der Waals surface area contributed by atoms with Crippen LogP contribution in [0.5, 0.6) is 0 Å². The zero-order valence-electron chi connectivity index (χ0n) is 25.7.